The summed E-state index contributed by atoms with van der Waals surface area (Å²) in [5, 5.41) is 0. The van der Waals surface area contributed by atoms with Crippen LogP contribution in [0.3, 0.4) is 0 Å². The SMILES string of the molecule is [BaH2].[O]=[W].[SrH2]. The molecule has 0 atom stereocenters. The van der Waals surface area contributed by atoms with E-state index in [-0.39, 0.29) is 94.4 Å². The predicted octanol–water partition coefficient (Wildman–Crippen LogP) is -1.95. The van der Waals surface area contributed by atoms with Gasteiger partial charge >= 0.3 is 118 Å². The molecule has 0 aliphatic heterocycles. The zero-order chi connectivity index (χ0) is 2.00. The summed E-state index contributed by atoms with van der Waals surface area (Å²) in [6.45, 7) is 0. The Kier molecular flexibility index (Phi) is 62.7. The molecular formula is H4BaOSrW. The summed E-state index contributed by atoms with van der Waals surface area (Å²) in [4.78, 5) is 0. The van der Waals surface area contributed by atoms with Gasteiger partial charge in [-0.3, -0.25) is 0 Å². The Morgan fingerprint density at radius 3 is 1.25 bits per heavy atom. The fraction of sp³-hybridized carbons (Fsp3) is 0. The molecule has 0 radical (unpaired) electrons. The van der Waals surface area contributed by atoms with Gasteiger partial charge in [-0.1, -0.05) is 0 Å². The fourth-order valence-corrected chi connectivity index (χ4v) is 0. The molecule has 20 valence electrons. The standard InChI is InChI=1S/Ba.O.Sr.W.4H. The molecule has 0 amide bonds. The zero-order valence-electron chi connectivity index (χ0n) is 0.816. The molecule has 1 nitrogen and oxygen atoms in total. The summed E-state index contributed by atoms with van der Waals surface area (Å²) >= 11 is 0.333. The van der Waals surface area contributed by atoms with Crippen molar-refractivity contribution in [3.63, 3.8) is 0 Å². The molecule has 0 aromatic carbocycles. The Hall–Kier alpha value is 3.54. The minimum atomic E-state index is 0. The molecule has 0 spiro atoms. The Balaban J connectivity index is -0.00000000500. The van der Waals surface area contributed by atoms with E-state index in [0.29, 0.717) is 19.8 Å². The van der Waals surface area contributed by atoms with Gasteiger partial charge in [-0.05, 0) is 0 Å². The number of hydrogen-bond acceptors (Lipinski definition) is 1. The van der Waals surface area contributed by atoms with E-state index in [4.69, 9.17) is 3.40 Å². The van der Waals surface area contributed by atoms with Crippen LogP contribution in [0.1, 0.15) is 0 Å². The van der Waals surface area contributed by atoms with E-state index < -0.39 is 0 Å². The molecule has 0 aliphatic rings. The minimum absolute atomic E-state index is 0. The molecule has 0 fully saturated rings. The summed E-state index contributed by atoms with van der Waals surface area (Å²) in [6, 6.07) is 0. The second kappa shape index (κ2) is 16.0. The van der Waals surface area contributed by atoms with Crippen LogP contribution in [0.2, 0.25) is 0 Å². The van der Waals surface area contributed by atoms with Crippen molar-refractivity contribution in [2.75, 3.05) is 0 Å². The van der Waals surface area contributed by atoms with Crippen molar-refractivity contribution in [3.8, 4) is 0 Å². The van der Waals surface area contributed by atoms with Crippen molar-refractivity contribution in [1.29, 1.82) is 0 Å². The van der Waals surface area contributed by atoms with E-state index in [2.05, 4.69) is 0 Å². The molecule has 0 heterocycles. The van der Waals surface area contributed by atoms with Crippen molar-refractivity contribution < 1.29 is 23.2 Å². The first-order valence-corrected chi connectivity index (χ1v) is 1.36. The van der Waals surface area contributed by atoms with Gasteiger partial charge in [0.2, 0.25) is 0 Å². The Bertz CT molecular complexity index is 8.00. The monoisotopic (exact) mass is 430 g/mol. The van der Waals surface area contributed by atoms with Crippen molar-refractivity contribution in [2.45, 2.75) is 0 Å². The third kappa shape index (κ3) is 9.11. The molecule has 4 heavy (non-hydrogen) atoms. The van der Waals surface area contributed by atoms with Gasteiger partial charge in [0.1, 0.15) is 0 Å². The first-order valence-electron chi connectivity index (χ1n) is 0.167. The average molecular weight is 429 g/mol. The van der Waals surface area contributed by atoms with E-state index in [1.165, 1.54) is 0 Å². The van der Waals surface area contributed by atoms with Crippen LogP contribution >= 0.6 is 0 Å². The molecule has 0 N–H and O–H groups in total. The Labute approximate surface area is 114 Å². The summed E-state index contributed by atoms with van der Waals surface area (Å²) < 4.78 is 8.33. The maximum absolute atomic E-state index is 8.33. The van der Waals surface area contributed by atoms with E-state index in [1.54, 1.807) is 0 Å². The van der Waals surface area contributed by atoms with Crippen LogP contribution in [0.4, 0.5) is 0 Å². The molecule has 0 rings (SSSR count). The van der Waals surface area contributed by atoms with Crippen LogP contribution in [0.5, 0.6) is 0 Å². The van der Waals surface area contributed by atoms with Gasteiger partial charge in [0, 0.05) is 0 Å². The van der Waals surface area contributed by atoms with Gasteiger partial charge in [-0.15, -0.1) is 0 Å². The predicted molar refractivity (Wildman–Crippen MR) is 17.8 cm³/mol. The quantitative estimate of drug-likeness (QED) is 0.410. The van der Waals surface area contributed by atoms with Crippen molar-refractivity contribution >= 4 is 94.4 Å². The molecule has 0 aromatic rings. The van der Waals surface area contributed by atoms with Crippen LogP contribution < -0.4 is 0 Å². The average Bonchev–Trinajstić information content (AvgIpc) is 1.00. The van der Waals surface area contributed by atoms with Crippen LogP contribution in [0.25, 0.3) is 0 Å². The van der Waals surface area contributed by atoms with Crippen molar-refractivity contribution in [3.05, 3.63) is 0 Å². The van der Waals surface area contributed by atoms with E-state index >= 15 is 0 Å². The Morgan fingerprint density at radius 2 is 1.25 bits per heavy atom. The third-order valence-electron chi connectivity index (χ3n) is 0. The molecule has 0 aliphatic carbocycles. The van der Waals surface area contributed by atoms with Gasteiger partial charge in [-0.2, -0.15) is 0 Å². The molecule has 0 saturated carbocycles. The van der Waals surface area contributed by atoms with Crippen LogP contribution in [-0.2, 0) is 23.2 Å². The molecule has 4 heteroatoms. The normalized spacial score (nSPS) is 1.00. The molecule has 0 unspecified atom stereocenters. The first-order chi connectivity index (χ1) is 1.00. The fourth-order valence-electron chi connectivity index (χ4n) is 0. The summed E-state index contributed by atoms with van der Waals surface area (Å²) in [5.41, 5.74) is 0. The van der Waals surface area contributed by atoms with Gasteiger partial charge in [0.05, 0.1) is 0 Å². The van der Waals surface area contributed by atoms with E-state index in [0.717, 1.165) is 0 Å². The molecule has 0 aromatic heterocycles. The van der Waals surface area contributed by atoms with Crippen molar-refractivity contribution in [1.82, 2.24) is 0 Å². The Morgan fingerprint density at radius 1 is 1.25 bits per heavy atom. The van der Waals surface area contributed by atoms with Crippen molar-refractivity contribution in [2.24, 2.45) is 0 Å². The number of rotatable bonds is 0. The van der Waals surface area contributed by atoms with Gasteiger partial charge in [-0.25, -0.2) is 0 Å². The van der Waals surface area contributed by atoms with Crippen LogP contribution in [0.15, 0.2) is 0 Å². The summed E-state index contributed by atoms with van der Waals surface area (Å²) in [6.07, 6.45) is 0. The second-order valence-electron chi connectivity index (χ2n) is 0. The summed E-state index contributed by atoms with van der Waals surface area (Å²) in [5.74, 6) is 0. The zero-order valence-corrected chi connectivity index (χ0v) is 3.75. The molecule has 0 bridgehead atoms. The maximum atomic E-state index is 8.33. The van der Waals surface area contributed by atoms with Gasteiger partial charge in [0.25, 0.3) is 0 Å². The van der Waals surface area contributed by atoms with Crippen LogP contribution in [0, 0.1) is 0 Å². The number of hydrogen-bond donors (Lipinski definition) is 0. The van der Waals surface area contributed by atoms with Gasteiger partial charge in [0.15, 0.2) is 0 Å². The molecule has 0 saturated heterocycles. The molecular weight excluding hydrogens is 425 g/mol. The third-order valence-corrected chi connectivity index (χ3v) is 0. The van der Waals surface area contributed by atoms with E-state index in [9.17, 15) is 0 Å². The van der Waals surface area contributed by atoms with Gasteiger partial charge < -0.3 is 0 Å². The van der Waals surface area contributed by atoms with Crippen LogP contribution in [-0.4, -0.2) is 94.4 Å². The second-order valence-corrected chi connectivity index (χ2v) is 0. The summed E-state index contributed by atoms with van der Waals surface area (Å²) in [7, 11) is 0. The topological polar surface area (TPSA) is 17.1 Å². The first kappa shape index (κ1) is 15.6. The van der Waals surface area contributed by atoms with E-state index in [1.807, 2.05) is 0 Å².